The second-order valence-electron chi connectivity index (χ2n) is 13.3. The summed E-state index contributed by atoms with van der Waals surface area (Å²) >= 11 is 0. The van der Waals surface area contributed by atoms with Crippen LogP contribution in [0.3, 0.4) is 0 Å². The highest BCUT2D eigenvalue weighted by atomic mass is 16.5. The first-order chi connectivity index (χ1) is 17.4. The zero-order valence-corrected chi connectivity index (χ0v) is 23.7. The summed E-state index contributed by atoms with van der Waals surface area (Å²) in [5.74, 6) is 1.40. The molecule has 1 amide bonds. The van der Waals surface area contributed by atoms with Crippen LogP contribution in [-0.4, -0.2) is 36.1 Å². The van der Waals surface area contributed by atoms with Crippen molar-refractivity contribution in [1.82, 2.24) is 5.32 Å². The molecule has 1 N–H and O–H groups in total. The van der Waals surface area contributed by atoms with Crippen molar-refractivity contribution in [2.45, 2.75) is 105 Å². The molecule has 0 aromatic heterocycles. The van der Waals surface area contributed by atoms with E-state index in [1.54, 1.807) is 0 Å². The lowest BCUT2D eigenvalue weighted by Gasteiger charge is -2.58. The maximum Gasteiger partial charge on any atom is 0.302 e. The normalized spacial score (nSPS) is 38.4. The zero-order chi connectivity index (χ0) is 27.1. The van der Waals surface area contributed by atoms with Crippen LogP contribution in [0.5, 0.6) is 0 Å². The second-order valence-corrected chi connectivity index (χ2v) is 13.3. The number of hydrogen-bond acceptors (Lipinski definition) is 5. The average molecular weight is 514 g/mol. The zero-order valence-electron chi connectivity index (χ0n) is 23.7. The molecule has 4 aliphatic carbocycles. The Kier molecular flexibility index (Phi) is 8.07. The number of ether oxygens (including phenoxy) is 1. The Labute approximate surface area is 222 Å². The third-order valence-electron chi connectivity index (χ3n) is 10.9. The van der Waals surface area contributed by atoms with Crippen molar-refractivity contribution in [2.75, 3.05) is 6.54 Å². The molecule has 0 heterocycles. The van der Waals surface area contributed by atoms with Gasteiger partial charge in [0.1, 0.15) is 17.7 Å². The van der Waals surface area contributed by atoms with Crippen LogP contribution in [0.4, 0.5) is 0 Å². The number of carbonyl (C=O) groups is 4. The second kappa shape index (κ2) is 10.6. The predicted octanol–water partition coefficient (Wildman–Crippen LogP) is 5.43. The summed E-state index contributed by atoms with van der Waals surface area (Å²) in [4.78, 5) is 49.5. The maximum atomic E-state index is 13.5. The fraction of sp³-hybridized carbons (Fsp3) is 0.806. The van der Waals surface area contributed by atoms with Crippen molar-refractivity contribution in [3.05, 3.63) is 11.6 Å². The number of ketones is 2. The first kappa shape index (κ1) is 28.0. The molecule has 4 aliphatic rings. The standard InChI is InChI=1S/C31H47NO5/c1-18(17-32-20(3)33)7-10-27(35)19(2)29-28(36)16-26-24-9-8-22-15-23(37-21(4)34)11-13-30(22,5)25(24)12-14-31(26,29)6/h8,18-19,23-26,29H,7,9-17H2,1-6H3,(H,32,33)/t18-,19+,23-,24+,25-,26-,29-,30-,31-/m0/s1. The van der Waals surface area contributed by atoms with Crippen LogP contribution in [0.25, 0.3) is 0 Å². The molecule has 3 saturated carbocycles. The van der Waals surface area contributed by atoms with E-state index in [4.69, 9.17) is 4.74 Å². The third kappa shape index (κ3) is 5.31. The van der Waals surface area contributed by atoms with E-state index in [9.17, 15) is 19.2 Å². The van der Waals surface area contributed by atoms with Crippen molar-refractivity contribution in [1.29, 1.82) is 0 Å². The lowest BCUT2D eigenvalue weighted by molar-refractivity contribution is -0.148. The van der Waals surface area contributed by atoms with Gasteiger partial charge in [0.05, 0.1) is 0 Å². The molecule has 0 aromatic carbocycles. The number of hydrogen-bond donors (Lipinski definition) is 1. The molecule has 0 saturated heterocycles. The van der Waals surface area contributed by atoms with E-state index < -0.39 is 0 Å². The predicted molar refractivity (Wildman–Crippen MR) is 142 cm³/mol. The van der Waals surface area contributed by atoms with Gasteiger partial charge in [0.15, 0.2) is 0 Å². The van der Waals surface area contributed by atoms with Gasteiger partial charge in [-0.15, -0.1) is 0 Å². The summed E-state index contributed by atoms with van der Waals surface area (Å²) in [6, 6.07) is 0. The number of amides is 1. The Hall–Kier alpha value is -1.98. The molecule has 0 unspecified atom stereocenters. The summed E-state index contributed by atoms with van der Waals surface area (Å²) in [6.07, 6.45) is 10.1. The molecule has 206 valence electrons. The summed E-state index contributed by atoms with van der Waals surface area (Å²) in [5.41, 5.74) is 1.45. The number of fused-ring (bicyclic) bond motifs is 5. The van der Waals surface area contributed by atoms with Crippen molar-refractivity contribution in [2.24, 2.45) is 46.3 Å². The van der Waals surface area contributed by atoms with Crippen LogP contribution in [0, 0.1) is 46.3 Å². The highest BCUT2D eigenvalue weighted by Crippen LogP contribution is 2.66. The first-order valence-corrected chi connectivity index (χ1v) is 14.5. The Morgan fingerprint density at radius 2 is 1.81 bits per heavy atom. The van der Waals surface area contributed by atoms with Crippen LogP contribution in [0.15, 0.2) is 11.6 Å². The minimum Gasteiger partial charge on any atom is -0.462 e. The lowest BCUT2D eigenvalue weighted by atomic mass is 9.47. The smallest absolute Gasteiger partial charge is 0.302 e. The number of allylic oxidation sites excluding steroid dienone is 1. The van der Waals surface area contributed by atoms with Crippen LogP contribution in [0.1, 0.15) is 99.3 Å². The van der Waals surface area contributed by atoms with Gasteiger partial charge in [-0.25, -0.2) is 0 Å². The number of rotatable bonds is 8. The monoisotopic (exact) mass is 513 g/mol. The third-order valence-corrected chi connectivity index (χ3v) is 10.9. The van der Waals surface area contributed by atoms with Gasteiger partial charge in [-0.1, -0.05) is 39.3 Å². The SMILES string of the molecule is CC(=O)NC[C@@H](C)CCC(=O)[C@@H](C)[C@H]1C(=O)C[C@H]2[C@@H]3CC=C4C[C@@H](OC(C)=O)CC[C@]4(C)[C@H]3CC[C@]12C. The van der Waals surface area contributed by atoms with Gasteiger partial charge >= 0.3 is 5.97 Å². The number of Topliss-reactive ketones (excluding diaryl/α,β-unsaturated/α-hetero) is 2. The van der Waals surface area contributed by atoms with E-state index in [1.165, 1.54) is 19.4 Å². The minimum atomic E-state index is -0.253. The maximum absolute atomic E-state index is 13.5. The molecule has 0 aliphatic heterocycles. The Morgan fingerprint density at radius 1 is 1.08 bits per heavy atom. The van der Waals surface area contributed by atoms with Gasteiger partial charge in [-0.3, -0.25) is 19.2 Å². The molecular formula is C31H47NO5. The molecule has 0 radical (unpaired) electrons. The molecule has 4 rings (SSSR count). The van der Waals surface area contributed by atoms with E-state index in [0.717, 1.165) is 44.9 Å². The van der Waals surface area contributed by atoms with Crippen molar-refractivity contribution < 1.29 is 23.9 Å². The molecule has 0 aromatic rings. The van der Waals surface area contributed by atoms with Crippen LogP contribution in [-0.2, 0) is 23.9 Å². The van der Waals surface area contributed by atoms with Crippen molar-refractivity contribution >= 4 is 23.4 Å². The highest BCUT2D eigenvalue weighted by molar-refractivity contribution is 5.92. The molecule has 0 spiro atoms. The average Bonchev–Trinajstić information content (AvgIpc) is 3.10. The molecule has 0 bridgehead atoms. The van der Waals surface area contributed by atoms with Crippen molar-refractivity contribution in [3.8, 4) is 0 Å². The van der Waals surface area contributed by atoms with Gasteiger partial charge < -0.3 is 10.1 Å². The molecule has 37 heavy (non-hydrogen) atoms. The number of carbonyl (C=O) groups excluding carboxylic acids is 4. The molecule has 3 fully saturated rings. The fourth-order valence-corrected chi connectivity index (χ4v) is 8.86. The summed E-state index contributed by atoms with van der Waals surface area (Å²) < 4.78 is 5.57. The quantitative estimate of drug-likeness (QED) is 0.345. The van der Waals surface area contributed by atoms with Gasteiger partial charge in [-0.05, 0) is 73.0 Å². The van der Waals surface area contributed by atoms with Gasteiger partial charge in [-0.2, -0.15) is 0 Å². The van der Waals surface area contributed by atoms with E-state index >= 15 is 0 Å². The Balaban J connectivity index is 1.45. The molecule has 9 atom stereocenters. The summed E-state index contributed by atoms with van der Waals surface area (Å²) in [5, 5.41) is 2.83. The van der Waals surface area contributed by atoms with Crippen molar-refractivity contribution in [3.63, 3.8) is 0 Å². The highest BCUT2D eigenvalue weighted by Gasteiger charge is 2.62. The Bertz CT molecular complexity index is 971. The topological polar surface area (TPSA) is 89.5 Å². The number of esters is 1. The van der Waals surface area contributed by atoms with E-state index in [2.05, 4.69) is 32.2 Å². The summed E-state index contributed by atoms with van der Waals surface area (Å²) in [7, 11) is 0. The van der Waals surface area contributed by atoms with Crippen LogP contribution < -0.4 is 5.32 Å². The molecule has 6 nitrogen and oxygen atoms in total. The van der Waals surface area contributed by atoms with E-state index in [-0.39, 0.29) is 52.3 Å². The molecule has 6 heteroatoms. The van der Waals surface area contributed by atoms with E-state index in [1.807, 2.05) is 6.92 Å². The lowest BCUT2D eigenvalue weighted by Crippen LogP contribution is -2.51. The minimum absolute atomic E-state index is 0.00695. The largest absolute Gasteiger partial charge is 0.462 e. The first-order valence-electron chi connectivity index (χ1n) is 14.5. The van der Waals surface area contributed by atoms with Crippen LogP contribution >= 0.6 is 0 Å². The van der Waals surface area contributed by atoms with Gasteiger partial charge in [0, 0.05) is 51.5 Å². The number of nitrogens with one attached hydrogen (secondary N) is 1. The van der Waals surface area contributed by atoms with Crippen LogP contribution in [0.2, 0.25) is 0 Å². The van der Waals surface area contributed by atoms with Gasteiger partial charge in [0.25, 0.3) is 0 Å². The van der Waals surface area contributed by atoms with Gasteiger partial charge in [0.2, 0.25) is 5.91 Å². The summed E-state index contributed by atoms with van der Waals surface area (Å²) in [6.45, 7) is 12.3. The fourth-order valence-electron chi connectivity index (χ4n) is 8.86. The Morgan fingerprint density at radius 3 is 2.49 bits per heavy atom. The van der Waals surface area contributed by atoms with E-state index in [0.29, 0.717) is 42.9 Å². The molecular weight excluding hydrogens is 466 g/mol.